The molecule has 0 saturated heterocycles. The number of rotatable bonds is 6. The maximum Gasteiger partial charge on any atom is 0.268 e. The van der Waals surface area contributed by atoms with Crippen LogP contribution in [0.15, 0.2) is 58.6 Å². The first-order valence-electron chi connectivity index (χ1n) is 8.34. The zero-order chi connectivity index (χ0) is 21.3. The molecule has 2 heterocycles. The first-order chi connectivity index (χ1) is 14.6. The van der Waals surface area contributed by atoms with E-state index in [1.807, 2.05) is 12.1 Å². The van der Waals surface area contributed by atoms with Gasteiger partial charge < -0.3 is 0 Å². The number of hydrogen-bond acceptors (Lipinski definition) is 8. The Morgan fingerprint density at radius 3 is 1.70 bits per heavy atom. The Hall–Kier alpha value is -4.12. The Balaban J connectivity index is 1.80. The van der Waals surface area contributed by atoms with Gasteiger partial charge in [0.1, 0.15) is 23.3 Å². The Labute approximate surface area is 179 Å². The second kappa shape index (κ2) is 9.89. The highest BCUT2D eigenvalue weighted by Crippen LogP contribution is 2.17. The standard InChI is InChI=1S/C20H12N6O2S2/c21-11-15(17(27)25-19-23-4-6-29-19)9-13-2-1-3-14(8-13)10-16(12-22)18(28)26-20-24-5-7-30-20/h1-10H,(H,23,25,27)(H,24,26,28)/b15-9-,16-10+. The van der Waals surface area contributed by atoms with Crippen molar-refractivity contribution in [2.75, 3.05) is 10.6 Å². The Kier molecular flexibility index (Phi) is 6.79. The minimum Gasteiger partial charge on any atom is -0.297 e. The summed E-state index contributed by atoms with van der Waals surface area (Å²) in [6.45, 7) is 0. The Morgan fingerprint density at radius 1 is 0.867 bits per heavy atom. The SMILES string of the molecule is N#C/C(=C/c1cccc(/C=C(\C#N)C(=O)Nc2nccs2)c1)C(=O)Nc1nccs1. The van der Waals surface area contributed by atoms with Crippen LogP contribution in [0.5, 0.6) is 0 Å². The summed E-state index contributed by atoms with van der Waals surface area (Å²) in [6, 6.07) is 10.5. The first-order valence-corrected chi connectivity index (χ1v) is 10.1. The number of aromatic nitrogens is 2. The van der Waals surface area contributed by atoms with Gasteiger partial charge in [-0.1, -0.05) is 18.2 Å². The fourth-order valence-electron chi connectivity index (χ4n) is 2.27. The summed E-state index contributed by atoms with van der Waals surface area (Å²) in [7, 11) is 0. The van der Waals surface area contributed by atoms with Gasteiger partial charge in [-0.2, -0.15) is 10.5 Å². The highest BCUT2D eigenvalue weighted by Gasteiger charge is 2.12. The van der Waals surface area contributed by atoms with E-state index in [0.717, 1.165) is 0 Å². The molecule has 0 unspecified atom stereocenters. The van der Waals surface area contributed by atoms with Crippen molar-refractivity contribution in [2.45, 2.75) is 0 Å². The largest absolute Gasteiger partial charge is 0.297 e. The van der Waals surface area contributed by atoms with Crippen LogP contribution >= 0.6 is 22.7 Å². The average Bonchev–Trinajstić information content (AvgIpc) is 3.44. The van der Waals surface area contributed by atoms with Gasteiger partial charge in [-0.25, -0.2) is 9.97 Å². The number of nitrogens with zero attached hydrogens (tertiary/aromatic N) is 4. The number of thiazole rings is 2. The number of nitriles is 2. The summed E-state index contributed by atoms with van der Waals surface area (Å²) >= 11 is 2.48. The molecule has 3 rings (SSSR count). The molecular weight excluding hydrogens is 420 g/mol. The second-order valence-corrected chi connectivity index (χ2v) is 7.38. The van der Waals surface area contributed by atoms with E-state index in [1.54, 1.807) is 47.4 Å². The molecule has 0 aliphatic carbocycles. The summed E-state index contributed by atoms with van der Waals surface area (Å²) in [5, 5.41) is 27.9. The second-order valence-electron chi connectivity index (χ2n) is 5.59. The molecule has 2 N–H and O–H groups in total. The summed E-state index contributed by atoms with van der Waals surface area (Å²) < 4.78 is 0. The molecule has 0 saturated carbocycles. The van der Waals surface area contributed by atoms with E-state index in [-0.39, 0.29) is 11.1 Å². The Bertz CT molecular complexity index is 1110. The lowest BCUT2D eigenvalue weighted by Gasteiger charge is -2.03. The summed E-state index contributed by atoms with van der Waals surface area (Å²) in [6.07, 6.45) is 5.93. The molecule has 2 amide bonds. The van der Waals surface area contributed by atoms with Gasteiger partial charge in [-0.05, 0) is 29.3 Å². The van der Waals surface area contributed by atoms with E-state index in [4.69, 9.17) is 0 Å². The lowest BCUT2D eigenvalue weighted by atomic mass is 10.1. The third kappa shape index (κ3) is 5.45. The minimum absolute atomic E-state index is 0.103. The molecule has 0 aliphatic heterocycles. The maximum absolute atomic E-state index is 12.2. The van der Waals surface area contributed by atoms with Crippen LogP contribution in [-0.2, 0) is 9.59 Å². The van der Waals surface area contributed by atoms with Crippen LogP contribution in [0.4, 0.5) is 10.3 Å². The van der Waals surface area contributed by atoms with Crippen LogP contribution in [0.2, 0.25) is 0 Å². The van der Waals surface area contributed by atoms with Gasteiger partial charge in [-0.15, -0.1) is 22.7 Å². The van der Waals surface area contributed by atoms with E-state index in [9.17, 15) is 20.1 Å². The molecule has 30 heavy (non-hydrogen) atoms. The van der Waals surface area contributed by atoms with Crippen molar-refractivity contribution in [3.05, 3.63) is 69.7 Å². The molecule has 0 atom stereocenters. The van der Waals surface area contributed by atoms with Gasteiger partial charge in [0, 0.05) is 23.2 Å². The van der Waals surface area contributed by atoms with Crippen molar-refractivity contribution in [3.8, 4) is 12.1 Å². The zero-order valence-corrected chi connectivity index (χ0v) is 16.8. The minimum atomic E-state index is -0.575. The maximum atomic E-state index is 12.2. The highest BCUT2D eigenvalue weighted by molar-refractivity contribution is 7.14. The molecule has 10 heteroatoms. The lowest BCUT2D eigenvalue weighted by molar-refractivity contribution is -0.113. The van der Waals surface area contributed by atoms with E-state index in [0.29, 0.717) is 21.4 Å². The van der Waals surface area contributed by atoms with Crippen molar-refractivity contribution in [1.82, 2.24) is 9.97 Å². The molecule has 2 aromatic heterocycles. The molecule has 0 radical (unpaired) electrons. The van der Waals surface area contributed by atoms with E-state index in [1.165, 1.54) is 34.8 Å². The Morgan fingerprint density at radius 2 is 1.33 bits per heavy atom. The van der Waals surface area contributed by atoms with Crippen molar-refractivity contribution in [2.24, 2.45) is 0 Å². The molecule has 1 aromatic carbocycles. The van der Waals surface area contributed by atoms with Crippen LogP contribution in [-0.4, -0.2) is 21.8 Å². The van der Waals surface area contributed by atoms with Crippen LogP contribution < -0.4 is 10.6 Å². The van der Waals surface area contributed by atoms with Crippen molar-refractivity contribution in [1.29, 1.82) is 10.5 Å². The van der Waals surface area contributed by atoms with Crippen molar-refractivity contribution < 1.29 is 9.59 Å². The monoisotopic (exact) mass is 432 g/mol. The number of nitrogens with one attached hydrogen (secondary N) is 2. The van der Waals surface area contributed by atoms with Gasteiger partial charge >= 0.3 is 0 Å². The van der Waals surface area contributed by atoms with Crippen LogP contribution in [0, 0.1) is 22.7 Å². The molecule has 0 bridgehead atoms. The third-order valence-corrected chi connectivity index (χ3v) is 4.95. The van der Waals surface area contributed by atoms with Gasteiger partial charge in [0.05, 0.1) is 0 Å². The number of hydrogen-bond donors (Lipinski definition) is 2. The van der Waals surface area contributed by atoms with Crippen molar-refractivity contribution in [3.63, 3.8) is 0 Å². The topological polar surface area (TPSA) is 132 Å². The summed E-state index contributed by atoms with van der Waals surface area (Å²) in [4.78, 5) is 32.4. The third-order valence-electron chi connectivity index (χ3n) is 3.57. The quantitative estimate of drug-likeness (QED) is 0.451. The summed E-state index contributed by atoms with van der Waals surface area (Å²) in [5.74, 6) is -1.15. The van der Waals surface area contributed by atoms with Gasteiger partial charge in [-0.3, -0.25) is 20.2 Å². The number of carbonyl (C=O) groups excluding carboxylic acids is 2. The fourth-order valence-corrected chi connectivity index (χ4v) is 3.32. The molecule has 146 valence electrons. The lowest BCUT2D eigenvalue weighted by Crippen LogP contribution is -2.13. The number of benzene rings is 1. The first kappa shape index (κ1) is 20.6. The molecular formula is C20H12N6O2S2. The molecule has 8 nitrogen and oxygen atoms in total. The van der Waals surface area contributed by atoms with Gasteiger partial charge in [0.2, 0.25) is 0 Å². The fraction of sp³-hybridized carbons (Fsp3) is 0. The predicted octanol–water partition coefficient (Wildman–Crippen LogP) is 3.69. The predicted molar refractivity (Wildman–Crippen MR) is 115 cm³/mol. The number of anilines is 2. The van der Waals surface area contributed by atoms with Gasteiger partial charge in [0.15, 0.2) is 10.3 Å². The molecule has 0 fully saturated rings. The molecule has 0 spiro atoms. The average molecular weight is 432 g/mol. The normalized spacial score (nSPS) is 11.3. The molecule has 3 aromatic rings. The smallest absolute Gasteiger partial charge is 0.268 e. The molecule has 0 aliphatic rings. The van der Waals surface area contributed by atoms with Crippen molar-refractivity contribution >= 4 is 56.9 Å². The van der Waals surface area contributed by atoms with E-state index >= 15 is 0 Å². The van der Waals surface area contributed by atoms with Crippen LogP contribution in [0.1, 0.15) is 11.1 Å². The highest BCUT2D eigenvalue weighted by atomic mass is 32.1. The zero-order valence-electron chi connectivity index (χ0n) is 15.2. The number of carbonyl (C=O) groups is 2. The van der Waals surface area contributed by atoms with Crippen LogP contribution in [0.3, 0.4) is 0 Å². The van der Waals surface area contributed by atoms with Gasteiger partial charge in [0.25, 0.3) is 11.8 Å². The summed E-state index contributed by atoms with van der Waals surface area (Å²) in [5.41, 5.74) is 0.918. The van der Waals surface area contributed by atoms with E-state index in [2.05, 4.69) is 20.6 Å². The number of amides is 2. The van der Waals surface area contributed by atoms with Crippen LogP contribution in [0.25, 0.3) is 12.2 Å². The van der Waals surface area contributed by atoms with E-state index < -0.39 is 11.8 Å².